The molecule has 1 aromatic rings. The molecular formula is C11H13NO3. The number of nitrogens with one attached hydrogen (secondary N) is 1. The molecule has 0 aliphatic heterocycles. The summed E-state index contributed by atoms with van der Waals surface area (Å²) in [6.45, 7) is 0.238. The van der Waals surface area contributed by atoms with Crippen molar-refractivity contribution >= 4 is 12.2 Å². The highest BCUT2D eigenvalue weighted by molar-refractivity contribution is 5.65. The summed E-state index contributed by atoms with van der Waals surface area (Å²) in [6, 6.07) is 7.40. The molecule has 0 spiro atoms. The molecule has 0 aliphatic rings. The van der Waals surface area contributed by atoms with Gasteiger partial charge in [0.2, 0.25) is 0 Å². The van der Waals surface area contributed by atoms with Crippen LogP contribution in [0.4, 0.5) is 4.79 Å². The zero-order chi connectivity index (χ0) is 11.1. The van der Waals surface area contributed by atoms with Crippen LogP contribution >= 0.6 is 0 Å². The van der Waals surface area contributed by atoms with Crippen molar-refractivity contribution in [2.45, 2.75) is 6.61 Å². The van der Waals surface area contributed by atoms with Gasteiger partial charge in [-0.3, -0.25) is 0 Å². The van der Waals surface area contributed by atoms with Crippen LogP contribution in [0.25, 0.3) is 6.08 Å². The van der Waals surface area contributed by atoms with E-state index in [1.54, 1.807) is 12.2 Å². The van der Waals surface area contributed by atoms with Crippen LogP contribution in [0, 0.1) is 0 Å². The number of aliphatic hydroxyl groups is 1. The zero-order valence-corrected chi connectivity index (χ0v) is 8.18. The van der Waals surface area contributed by atoms with E-state index < -0.39 is 6.09 Å². The van der Waals surface area contributed by atoms with Crippen molar-refractivity contribution in [3.8, 4) is 0 Å². The molecule has 80 valence electrons. The van der Waals surface area contributed by atoms with Crippen LogP contribution in [-0.4, -0.2) is 22.9 Å². The lowest BCUT2D eigenvalue weighted by Crippen LogP contribution is -2.20. The largest absolute Gasteiger partial charge is 0.465 e. The van der Waals surface area contributed by atoms with E-state index in [1.165, 1.54) is 0 Å². The summed E-state index contributed by atoms with van der Waals surface area (Å²) < 4.78 is 0. The smallest absolute Gasteiger partial charge is 0.404 e. The van der Waals surface area contributed by atoms with Gasteiger partial charge in [-0.2, -0.15) is 0 Å². The molecule has 15 heavy (non-hydrogen) atoms. The molecule has 3 N–H and O–H groups in total. The molecule has 4 heteroatoms. The standard InChI is InChI=1S/C11H13NO3/c13-8-10-5-2-1-4-9(10)6-3-7-12-11(14)15/h1-6,12-13H,7-8H2,(H,14,15). The molecule has 1 rings (SSSR count). The van der Waals surface area contributed by atoms with E-state index in [0.29, 0.717) is 0 Å². The second-order valence-corrected chi connectivity index (χ2v) is 2.95. The van der Waals surface area contributed by atoms with Gasteiger partial charge in [0.05, 0.1) is 6.61 Å². The number of rotatable bonds is 4. The van der Waals surface area contributed by atoms with Crippen molar-refractivity contribution < 1.29 is 15.0 Å². The quantitative estimate of drug-likeness (QED) is 0.700. The normalized spacial score (nSPS) is 10.5. The van der Waals surface area contributed by atoms with Gasteiger partial charge in [-0.15, -0.1) is 0 Å². The Morgan fingerprint density at radius 2 is 2.13 bits per heavy atom. The van der Waals surface area contributed by atoms with Crippen molar-refractivity contribution in [3.05, 3.63) is 41.5 Å². The number of aliphatic hydroxyl groups excluding tert-OH is 1. The van der Waals surface area contributed by atoms with Gasteiger partial charge in [-0.25, -0.2) is 4.79 Å². The Hall–Kier alpha value is -1.81. The molecule has 0 radical (unpaired) electrons. The molecule has 0 bridgehead atoms. The zero-order valence-electron chi connectivity index (χ0n) is 8.18. The molecule has 0 fully saturated rings. The summed E-state index contributed by atoms with van der Waals surface area (Å²) in [5.41, 5.74) is 1.72. The van der Waals surface area contributed by atoms with Crippen LogP contribution in [0.2, 0.25) is 0 Å². The molecule has 1 amide bonds. The topological polar surface area (TPSA) is 69.6 Å². The van der Waals surface area contributed by atoms with Gasteiger partial charge >= 0.3 is 6.09 Å². The van der Waals surface area contributed by atoms with Crippen LogP contribution in [-0.2, 0) is 6.61 Å². The van der Waals surface area contributed by atoms with Gasteiger partial charge in [0, 0.05) is 6.54 Å². The number of carbonyl (C=O) groups is 1. The third kappa shape index (κ3) is 3.83. The summed E-state index contributed by atoms with van der Waals surface area (Å²) in [6.07, 6.45) is 2.43. The van der Waals surface area contributed by atoms with Crippen molar-refractivity contribution in [2.24, 2.45) is 0 Å². The first-order chi connectivity index (χ1) is 7.24. The van der Waals surface area contributed by atoms with E-state index in [0.717, 1.165) is 11.1 Å². The van der Waals surface area contributed by atoms with Crippen molar-refractivity contribution in [3.63, 3.8) is 0 Å². The van der Waals surface area contributed by atoms with E-state index in [9.17, 15) is 4.79 Å². The first-order valence-corrected chi connectivity index (χ1v) is 4.56. The predicted octanol–water partition coefficient (Wildman–Crippen LogP) is 1.46. The average molecular weight is 207 g/mol. The molecule has 0 aliphatic carbocycles. The second kappa shape index (κ2) is 5.82. The lowest BCUT2D eigenvalue weighted by molar-refractivity contribution is 0.195. The summed E-state index contributed by atoms with van der Waals surface area (Å²) in [4.78, 5) is 10.1. The summed E-state index contributed by atoms with van der Waals surface area (Å²) in [5.74, 6) is 0. The van der Waals surface area contributed by atoms with Gasteiger partial charge in [-0.05, 0) is 11.1 Å². The highest BCUT2D eigenvalue weighted by Gasteiger charge is 1.95. The third-order valence-corrected chi connectivity index (χ3v) is 1.89. The molecule has 0 heterocycles. The fourth-order valence-corrected chi connectivity index (χ4v) is 1.17. The van der Waals surface area contributed by atoms with E-state index in [4.69, 9.17) is 10.2 Å². The van der Waals surface area contributed by atoms with Crippen LogP contribution in [0.3, 0.4) is 0 Å². The molecule has 4 nitrogen and oxygen atoms in total. The Bertz CT molecular complexity index is 361. The monoisotopic (exact) mass is 207 g/mol. The van der Waals surface area contributed by atoms with E-state index in [-0.39, 0.29) is 13.2 Å². The third-order valence-electron chi connectivity index (χ3n) is 1.89. The first-order valence-electron chi connectivity index (χ1n) is 4.56. The van der Waals surface area contributed by atoms with Crippen molar-refractivity contribution in [1.82, 2.24) is 5.32 Å². The number of hydrogen-bond donors (Lipinski definition) is 3. The van der Waals surface area contributed by atoms with E-state index in [1.807, 2.05) is 24.3 Å². The molecular weight excluding hydrogens is 194 g/mol. The van der Waals surface area contributed by atoms with E-state index >= 15 is 0 Å². The molecule has 0 atom stereocenters. The highest BCUT2D eigenvalue weighted by Crippen LogP contribution is 2.09. The van der Waals surface area contributed by atoms with Gasteiger partial charge in [-0.1, -0.05) is 36.4 Å². The predicted molar refractivity (Wildman–Crippen MR) is 57.4 cm³/mol. The van der Waals surface area contributed by atoms with Gasteiger partial charge < -0.3 is 15.5 Å². The van der Waals surface area contributed by atoms with E-state index in [2.05, 4.69) is 5.32 Å². The van der Waals surface area contributed by atoms with Gasteiger partial charge in [0.25, 0.3) is 0 Å². The maximum atomic E-state index is 10.1. The molecule has 0 unspecified atom stereocenters. The number of benzene rings is 1. The van der Waals surface area contributed by atoms with Crippen LogP contribution in [0.1, 0.15) is 11.1 Å². The lowest BCUT2D eigenvalue weighted by atomic mass is 10.1. The van der Waals surface area contributed by atoms with Crippen LogP contribution in [0.15, 0.2) is 30.3 Å². The molecule has 1 aromatic carbocycles. The average Bonchev–Trinajstić information content (AvgIpc) is 2.24. The van der Waals surface area contributed by atoms with Crippen molar-refractivity contribution in [1.29, 1.82) is 0 Å². The fraction of sp³-hybridized carbons (Fsp3) is 0.182. The van der Waals surface area contributed by atoms with Crippen LogP contribution in [0.5, 0.6) is 0 Å². The Labute approximate surface area is 87.9 Å². The minimum Gasteiger partial charge on any atom is -0.465 e. The minimum absolute atomic E-state index is 0.0210. The highest BCUT2D eigenvalue weighted by atomic mass is 16.4. The maximum Gasteiger partial charge on any atom is 0.404 e. The van der Waals surface area contributed by atoms with Gasteiger partial charge in [0.15, 0.2) is 0 Å². The summed E-state index contributed by atoms with van der Waals surface area (Å²) in [5, 5.41) is 19.6. The summed E-state index contributed by atoms with van der Waals surface area (Å²) in [7, 11) is 0. The number of hydrogen-bond acceptors (Lipinski definition) is 2. The Kier molecular flexibility index (Phi) is 4.37. The van der Waals surface area contributed by atoms with Crippen LogP contribution < -0.4 is 5.32 Å². The molecule has 0 saturated carbocycles. The summed E-state index contributed by atoms with van der Waals surface area (Å²) >= 11 is 0. The molecule has 0 aromatic heterocycles. The molecule has 0 saturated heterocycles. The number of amides is 1. The van der Waals surface area contributed by atoms with Crippen molar-refractivity contribution in [2.75, 3.05) is 6.54 Å². The maximum absolute atomic E-state index is 10.1. The first kappa shape index (κ1) is 11.3. The fourth-order valence-electron chi connectivity index (χ4n) is 1.17. The second-order valence-electron chi connectivity index (χ2n) is 2.95. The lowest BCUT2D eigenvalue weighted by Gasteiger charge is -2.01. The Morgan fingerprint density at radius 3 is 2.80 bits per heavy atom. The Morgan fingerprint density at radius 1 is 1.40 bits per heavy atom. The minimum atomic E-state index is -1.05. The van der Waals surface area contributed by atoms with Gasteiger partial charge in [0.1, 0.15) is 0 Å². The SMILES string of the molecule is O=C(O)NCC=Cc1ccccc1CO. The number of carboxylic acid groups (broad SMARTS) is 1. The Balaban J connectivity index is 2.59.